The number of fused-ring (bicyclic) bond motifs is 1. The number of ether oxygens (including phenoxy) is 1. The lowest BCUT2D eigenvalue weighted by Gasteiger charge is -2.11. The molecule has 3 aromatic rings. The standard InChI is InChI=1S/C16H14FN3O/c1-21-12-4-2-3-11(9-12)20-16-14-7-10(17)8-15(18)13(14)5-6-19-16/h2-9H,18H2,1H3,(H,19,20). The number of hydrogen-bond donors (Lipinski definition) is 2. The summed E-state index contributed by atoms with van der Waals surface area (Å²) < 4.78 is 18.8. The molecule has 0 saturated heterocycles. The zero-order chi connectivity index (χ0) is 14.8. The average Bonchev–Trinajstić information content (AvgIpc) is 2.48. The van der Waals surface area contributed by atoms with Crippen LogP contribution in [0.15, 0.2) is 48.7 Å². The highest BCUT2D eigenvalue weighted by Crippen LogP contribution is 2.29. The summed E-state index contributed by atoms with van der Waals surface area (Å²) in [6.07, 6.45) is 1.64. The van der Waals surface area contributed by atoms with Gasteiger partial charge in [-0.2, -0.15) is 0 Å². The molecule has 0 aliphatic carbocycles. The second-order valence-corrected chi connectivity index (χ2v) is 4.61. The first kappa shape index (κ1) is 13.2. The molecule has 106 valence electrons. The molecule has 1 aromatic heterocycles. The fourth-order valence-corrected chi connectivity index (χ4v) is 2.21. The van der Waals surface area contributed by atoms with Crippen LogP contribution in [0.4, 0.5) is 21.6 Å². The van der Waals surface area contributed by atoms with Crippen molar-refractivity contribution in [2.45, 2.75) is 0 Å². The largest absolute Gasteiger partial charge is 0.497 e. The highest BCUT2D eigenvalue weighted by atomic mass is 19.1. The van der Waals surface area contributed by atoms with Crippen molar-refractivity contribution in [1.82, 2.24) is 4.98 Å². The number of methoxy groups -OCH3 is 1. The monoisotopic (exact) mass is 283 g/mol. The Morgan fingerprint density at radius 2 is 2.00 bits per heavy atom. The van der Waals surface area contributed by atoms with E-state index in [4.69, 9.17) is 10.5 Å². The summed E-state index contributed by atoms with van der Waals surface area (Å²) in [5, 5.41) is 4.56. The molecule has 0 aliphatic rings. The first-order chi connectivity index (χ1) is 10.2. The van der Waals surface area contributed by atoms with Gasteiger partial charge in [0.05, 0.1) is 7.11 Å². The number of hydrogen-bond acceptors (Lipinski definition) is 4. The Balaban J connectivity index is 2.08. The fraction of sp³-hybridized carbons (Fsp3) is 0.0625. The van der Waals surface area contributed by atoms with Gasteiger partial charge in [0.2, 0.25) is 0 Å². The number of rotatable bonds is 3. The Bertz CT molecular complexity index is 805. The van der Waals surface area contributed by atoms with E-state index in [2.05, 4.69) is 10.3 Å². The lowest BCUT2D eigenvalue weighted by Crippen LogP contribution is -1.97. The topological polar surface area (TPSA) is 60.2 Å². The third-order valence-corrected chi connectivity index (χ3v) is 3.21. The van der Waals surface area contributed by atoms with Gasteiger partial charge >= 0.3 is 0 Å². The lowest BCUT2D eigenvalue weighted by molar-refractivity contribution is 0.415. The van der Waals surface area contributed by atoms with Crippen LogP contribution in [0, 0.1) is 5.82 Å². The molecule has 0 radical (unpaired) electrons. The molecule has 2 aromatic carbocycles. The van der Waals surface area contributed by atoms with Crippen molar-refractivity contribution in [3.05, 3.63) is 54.5 Å². The van der Waals surface area contributed by atoms with Crippen LogP contribution in [0.2, 0.25) is 0 Å². The minimum atomic E-state index is -0.387. The molecule has 0 bridgehead atoms. The smallest absolute Gasteiger partial charge is 0.138 e. The van der Waals surface area contributed by atoms with Gasteiger partial charge in [-0.1, -0.05) is 6.07 Å². The number of nitrogens with two attached hydrogens (primary N) is 1. The Kier molecular flexibility index (Phi) is 3.31. The number of benzene rings is 2. The molecule has 21 heavy (non-hydrogen) atoms. The number of pyridine rings is 1. The maximum Gasteiger partial charge on any atom is 0.138 e. The van der Waals surface area contributed by atoms with Gasteiger partial charge in [0.15, 0.2) is 0 Å². The van der Waals surface area contributed by atoms with E-state index in [0.717, 1.165) is 16.8 Å². The highest BCUT2D eigenvalue weighted by molar-refractivity contribution is 6.00. The molecule has 4 nitrogen and oxygen atoms in total. The summed E-state index contributed by atoms with van der Waals surface area (Å²) in [6, 6.07) is 11.9. The number of nitrogen functional groups attached to an aromatic ring is 1. The van der Waals surface area contributed by atoms with E-state index in [1.54, 1.807) is 19.4 Å². The number of halogens is 1. The lowest BCUT2D eigenvalue weighted by atomic mass is 10.1. The summed E-state index contributed by atoms with van der Waals surface area (Å²) in [5.41, 5.74) is 7.04. The summed E-state index contributed by atoms with van der Waals surface area (Å²) in [6.45, 7) is 0. The fourth-order valence-electron chi connectivity index (χ4n) is 2.21. The maximum atomic E-state index is 13.6. The van der Waals surface area contributed by atoms with Crippen molar-refractivity contribution in [3.63, 3.8) is 0 Å². The van der Waals surface area contributed by atoms with Crippen LogP contribution < -0.4 is 15.8 Å². The SMILES string of the molecule is COc1cccc(Nc2nccc3c(N)cc(F)cc23)c1. The molecule has 3 N–H and O–H groups in total. The van der Waals surface area contributed by atoms with Crippen molar-refractivity contribution in [2.75, 3.05) is 18.2 Å². The molecule has 3 rings (SSSR count). The van der Waals surface area contributed by atoms with Crippen LogP contribution in [-0.4, -0.2) is 12.1 Å². The molecule has 0 saturated carbocycles. The quantitative estimate of drug-likeness (QED) is 0.719. The minimum Gasteiger partial charge on any atom is -0.497 e. The number of nitrogens with zero attached hydrogens (tertiary/aromatic N) is 1. The van der Waals surface area contributed by atoms with Crippen molar-refractivity contribution in [1.29, 1.82) is 0 Å². The van der Waals surface area contributed by atoms with E-state index < -0.39 is 0 Å². The molecule has 0 amide bonds. The van der Waals surface area contributed by atoms with Crippen LogP contribution >= 0.6 is 0 Å². The van der Waals surface area contributed by atoms with Gasteiger partial charge in [0.1, 0.15) is 17.4 Å². The van der Waals surface area contributed by atoms with Crippen molar-refractivity contribution < 1.29 is 9.13 Å². The van der Waals surface area contributed by atoms with Crippen LogP contribution in [0.5, 0.6) is 5.75 Å². The Morgan fingerprint density at radius 3 is 2.81 bits per heavy atom. The molecule has 5 heteroatoms. The molecule has 1 heterocycles. The van der Waals surface area contributed by atoms with Gasteiger partial charge in [0, 0.05) is 34.4 Å². The molecule has 0 fully saturated rings. The summed E-state index contributed by atoms with van der Waals surface area (Å²) >= 11 is 0. The average molecular weight is 283 g/mol. The predicted octanol–water partition coefficient (Wildman–Crippen LogP) is 3.71. The molecule has 0 atom stereocenters. The van der Waals surface area contributed by atoms with Crippen LogP contribution in [0.3, 0.4) is 0 Å². The molecular weight excluding hydrogens is 269 g/mol. The van der Waals surface area contributed by atoms with Gasteiger partial charge < -0.3 is 15.8 Å². The predicted molar refractivity (Wildman–Crippen MR) is 82.4 cm³/mol. The molecule has 0 unspecified atom stereocenters. The van der Waals surface area contributed by atoms with Gasteiger partial charge in [-0.25, -0.2) is 9.37 Å². The summed E-state index contributed by atoms with van der Waals surface area (Å²) in [5.74, 6) is 0.888. The first-order valence-corrected chi connectivity index (χ1v) is 6.42. The van der Waals surface area contributed by atoms with E-state index in [-0.39, 0.29) is 5.82 Å². The van der Waals surface area contributed by atoms with E-state index >= 15 is 0 Å². The van der Waals surface area contributed by atoms with Gasteiger partial charge in [0.25, 0.3) is 0 Å². The van der Waals surface area contributed by atoms with Gasteiger partial charge in [-0.3, -0.25) is 0 Å². The van der Waals surface area contributed by atoms with Gasteiger partial charge in [-0.15, -0.1) is 0 Å². The molecule has 0 spiro atoms. The second kappa shape index (κ2) is 5.28. The van der Waals surface area contributed by atoms with E-state index in [1.165, 1.54) is 12.1 Å². The summed E-state index contributed by atoms with van der Waals surface area (Å²) in [7, 11) is 1.60. The number of aromatic nitrogens is 1. The van der Waals surface area contributed by atoms with Crippen molar-refractivity contribution in [2.24, 2.45) is 0 Å². The summed E-state index contributed by atoms with van der Waals surface area (Å²) in [4.78, 5) is 4.27. The molecule has 0 aliphatic heterocycles. The van der Waals surface area contributed by atoms with E-state index in [1.807, 2.05) is 24.3 Å². The van der Waals surface area contributed by atoms with E-state index in [9.17, 15) is 4.39 Å². The Hall–Kier alpha value is -2.82. The van der Waals surface area contributed by atoms with Crippen molar-refractivity contribution >= 4 is 28.0 Å². The third kappa shape index (κ3) is 2.58. The Morgan fingerprint density at radius 1 is 1.14 bits per heavy atom. The maximum absolute atomic E-state index is 13.6. The molecular formula is C16H14FN3O. The third-order valence-electron chi connectivity index (χ3n) is 3.21. The van der Waals surface area contributed by atoms with Crippen molar-refractivity contribution in [3.8, 4) is 5.75 Å². The minimum absolute atomic E-state index is 0.387. The zero-order valence-corrected chi connectivity index (χ0v) is 11.4. The van der Waals surface area contributed by atoms with Crippen LogP contribution in [0.1, 0.15) is 0 Å². The van der Waals surface area contributed by atoms with Gasteiger partial charge in [-0.05, 0) is 30.3 Å². The normalized spacial score (nSPS) is 10.6. The van der Waals surface area contributed by atoms with E-state index in [0.29, 0.717) is 16.9 Å². The highest BCUT2D eigenvalue weighted by Gasteiger charge is 2.08. The number of anilines is 3. The zero-order valence-electron chi connectivity index (χ0n) is 11.4. The van der Waals surface area contributed by atoms with Crippen LogP contribution in [-0.2, 0) is 0 Å². The Labute approximate surface area is 121 Å². The first-order valence-electron chi connectivity index (χ1n) is 6.42. The van der Waals surface area contributed by atoms with Crippen LogP contribution in [0.25, 0.3) is 10.8 Å². The number of nitrogens with one attached hydrogen (secondary N) is 1. The second-order valence-electron chi connectivity index (χ2n) is 4.61.